The summed E-state index contributed by atoms with van der Waals surface area (Å²) in [5.74, 6) is -1.82. The Kier molecular flexibility index (Phi) is 4.06. The number of nitro benzene ring substituents is 1. The van der Waals surface area contributed by atoms with Crippen LogP contribution in [0.4, 0.5) is 20.2 Å². The molecule has 1 aliphatic rings. The molecule has 0 bridgehead atoms. The van der Waals surface area contributed by atoms with Gasteiger partial charge in [-0.3, -0.25) is 10.1 Å². The third-order valence-corrected chi connectivity index (χ3v) is 3.88. The fourth-order valence-electron chi connectivity index (χ4n) is 2.75. The monoisotopic (exact) mass is 316 g/mol. The van der Waals surface area contributed by atoms with E-state index in [2.05, 4.69) is 0 Å². The molecule has 2 aromatic rings. The van der Waals surface area contributed by atoms with Crippen LogP contribution in [-0.4, -0.2) is 18.0 Å². The van der Waals surface area contributed by atoms with Crippen molar-refractivity contribution in [3.63, 3.8) is 0 Å². The van der Waals surface area contributed by atoms with Crippen LogP contribution in [-0.2, 0) is 0 Å². The van der Waals surface area contributed by atoms with Crippen LogP contribution >= 0.6 is 0 Å². The zero-order valence-electron chi connectivity index (χ0n) is 12.2. The summed E-state index contributed by atoms with van der Waals surface area (Å²) in [5.41, 5.74) is 1.43. The normalized spacial score (nSPS) is 14.5. The number of rotatable bonds is 3. The Morgan fingerprint density at radius 3 is 2.26 bits per heavy atom. The van der Waals surface area contributed by atoms with E-state index in [1.165, 1.54) is 0 Å². The Morgan fingerprint density at radius 2 is 1.74 bits per heavy atom. The van der Waals surface area contributed by atoms with Crippen molar-refractivity contribution < 1.29 is 13.7 Å². The second-order valence-corrected chi connectivity index (χ2v) is 5.31. The van der Waals surface area contributed by atoms with Crippen LogP contribution < -0.4 is 4.90 Å². The Balaban J connectivity index is 1.85. The van der Waals surface area contributed by atoms with Gasteiger partial charge in [0.25, 0.3) is 5.69 Å². The molecule has 0 saturated heterocycles. The molecule has 0 radical (unpaired) electrons. The molecule has 3 rings (SSSR count). The van der Waals surface area contributed by atoms with Crippen LogP contribution in [0.15, 0.2) is 48.5 Å². The summed E-state index contributed by atoms with van der Waals surface area (Å²) in [7, 11) is 0. The van der Waals surface area contributed by atoms with Gasteiger partial charge in [0.15, 0.2) is 11.6 Å². The average molecular weight is 316 g/mol. The van der Waals surface area contributed by atoms with Gasteiger partial charge in [-0.25, -0.2) is 8.78 Å². The van der Waals surface area contributed by atoms with E-state index >= 15 is 0 Å². The van der Waals surface area contributed by atoms with Crippen LogP contribution in [0.3, 0.4) is 0 Å². The third kappa shape index (κ3) is 3.06. The van der Waals surface area contributed by atoms with Crippen LogP contribution in [0.2, 0.25) is 0 Å². The largest absolute Gasteiger partial charge is 0.363 e. The average Bonchev–Trinajstić information content (AvgIpc) is 2.55. The van der Waals surface area contributed by atoms with Crippen LogP contribution in [0.25, 0.3) is 5.57 Å². The summed E-state index contributed by atoms with van der Waals surface area (Å²) in [5, 5.41) is 10.6. The van der Waals surface area contributed by atoms with Crippen molar-refractivity contribution in [1.29, 1.82) is 0 Å². The molecule has 0 amide bonds. The minimum absolute atomic E-state index is 0.209. The van der Waals surface area contributed by atoms with Crippen molar-refractivity contribution in [3.8, 4) is 0 Å². The first-order valence-electron chi connectivity index (χ1n) is 7.19. The highest BCUT2D eigenvalue weighted by Gasteiger charge is 2.23. The quantitative estimate of drug-likeness (QED) is 0.631. The molecule has 0 spiro atoms. The predicted molar refractivity (Wildman–Crippen MR) is 84.3 cm³/mol. The molecule has 23 heavy (non-hydrogen) atoms. The van der Waals surface area contributed by atoms with Gasteiger partial charge in [-0.15, -0.1) is 0 Å². The zero-order chi connectivity index (χ0) is 16.4. The number of anilines is 1. The minimum Gasteiger partial charge on any atom is -0.363 e. The molecule has 2 aromatic carbocycles. The number of non-ortho nitro benzene ring substituents is 1. The van der Waals surface area contributed by atoms with Crippen molar-refractivity contribution in [1.82, 2.24) is 0 Å². The molecule has 0 saturated carbocycles. The number of hydrogen-bond donors (Lipinski definition) is 0. The van der Waals surface area contributed by atoms with E-state index in [0.29, 0.717) is 19.5 Å². The lowest BCUT2D eigenvalue weighted by molar-refractivity contribution is -0.385. The van der Waals surface area contributed by atoms with Gasteiger partial charge in [-0.1, -0.05) is 36.4 Å². The van der Waals surface area contributed by atoms with E-state index in [1.807, 2.05) is 36.4 Å². The Hall–Kier alpha value is -2.76. The highest BCUT2D eigenvalue weighted by atomic mass is 19.1. The van der Waals surface area contributed by atoms with Gasteiger partial charge in [0.1, 0.15) is 5.69 Å². The molecule has 6 heteroatoms. The molecule has 1 heterocycles. The SMILES string of the molecule is O=[N+]([O-])c1cc(F)c(N2CC=C(c3ccccc3)CC2)c(F)c1. The van der Waals surface area contributed by atoms with E-state index < -0.39 is 22.2 Å². The summed E-state index contributed by atoms with van der Waals surface area (Å²) >= 11 is 0. The Morgan fingerprint density at radius 1 is 1.09 bits per heavy atom. The first-order valence-corrected chi connectivity index (χ1v) is 7.19. The molecule has 0 aromatic heterocycles. The molecule has 118 valence electrons. The number of benzene rings is 2. The topological polar surface area (TPSA) is 46.4 Å². The summed E-state index contributed by atoms with van der Waals surface area (Å²) < 4.78 is 28.1. The summed E-state index contributed by atoms with van der Waals surface area (Å²) in [6.07, 6.45) is 2.58. The van der Waals surface area contributed by atoms with E-state index in [-0.39, 0.29) is 5.69 Å². The molecular weight excluding hydrogens is 302 g/mol. The van der Waals surface area contributed by atoms with Crippen molar-refractivity contribution in [2.24, 2.45) is 0 Å². The first-order chi connectivity index (χ1) is 11.1. The molecular formula is C17H14F2N2O2. The molecule has 0 N–H and O–H groups in total. The van der Waals surface area contributed by atoms with Crippen molar-refractivity contribution in [2.45, 2.75) is 6.42 Å². The second kappa shape index (κ2) is 6.16. The fourth-order valence-corrected chi connectivity index (χ4v) is 2.75. The fraction of sp³-hybridized carbons (Fsp3) is 0.176. The molecule has 0 unspecified atom stereocenters. The smallest absolute Gasteiger partial charge is 0.275 e. The maximum Gasteiger partial charge on any atom is 0.275 e. The molecule has 0 fully saturated rings. The summed E-state index contributed by atoms with van der Waals surface area (Å²) in [6, 6.07) is 11.3. The van der Waals surface area contributed by atoms with E-state index in [9.17, 15) is 18.9 Å². The maximum absolute atomic E-state index is 14.1. The van der Waals surface area contributed by atoms with E-state index in [4.69, 9.17) is 0 Å². The van der Waals surface area contributed by atoms with Crippen LogP contribution in [0, 0.1) is 21.7 Å². The van der Waals surface area contributed by atoms with Gasteiger partial charge in [-0.2, -0.15) is 0 Å². The molecule has 4 nitrogen and oxygen atoms in total. The molecule has 0 atom stereocenters. The summed E-state index contributed by atoms with van der Waals surface area (Å²) in [4.78, 5) is 11.4. The van der Waals surface area contributed by atoms with Crippen LogP contribution in [0.5, 0.6) is 0 Å². The maximum atomic E-state index is 14.1. The van der Waals surface area contributed by atoms with Gasteiger partial charge in [0.2, 0.25) is 0 Å². The predicted octanol–water partition coefficient (Wildman–Crippen LogP) is 4.17. The van der Waals surface area contributed by atoms with Gasteiger partial charge in [0.05, 0.1) is 17.1 Å². The van der Waals surface area contributed by atoms with Gasteiger partial charge >= 0.3 is 0 Å². The highest BCUT2D eigenvalue weighted by Crippen LogP contribution is 2.31. The minimum atomic E-state index is -0.909. The van der Waals surface area contributed by atoms with Crippen LogP contribution in [0.1, 0.15) is 12.0 Å². The number of nitrogens with zero attached hydrogens (tertiary/aromatic N) is 2. The molecule has 0 aliphatic carbocycles. The molecule has 1 aliphatic heterocycles. The number of hydrogen-bond acceptors (Lipinski definition) is 3. The lowest BCUT2D eigenvalue weighted by atomic mass is 9.99. The zero-order valence-corrected chi connectivity index (χ0v) is 12.2. The third-order valence-electron chi connectivity index (χ3n) is 3.88. The highest BCUT2D eigenvalue weighted by molar-refractivity contribution is 5.69. The lowest BCUT2D eigenvalue weighted by Crippen LogP contribution is -2.30. The van der Waals surface area contributed by atoms with Crippen molar-refractivity contribution in [2.75, 3.05) is 18.0 Å². The van der Waals surface area contributed by atoms with Gasteiger partial charge < -0.3 is 4.90 Å². The second-order valence-electron chi connectivity index (χ2n) is 5.31. The van der Waals surface area contributed by atoms with E-state index in [1.54, 1.807) is 4.90 Å². The standard InChI is InChI=1S/C17H14F2N2O2/c18-15-10-14(21(22)23)11-16(19)17(15)20-8-6-13(7-9-20)12-4-2-1-3-5-12/h1-6,10-11H,7-9H2. The van der Waals surface area contributed by atoms with Crippen molar-refractivity contribution in [3.05, 3.63) is 75.9 Å². The summed E-state index contributed by atoms with van der Waals surface area (Å²) in [6.45, 7) is 0.808. The lowest BCUT2D eigenvalue weighted by Gasteiger charge is -2.29. The number of nitro groups is 1. The van der Waals surface area contributed by atoms with Crippen molar-refractivity contribution >= 4 is 16.9 Å². The van der Waals surface area contributed by atoms with Gasteiger partial charge in [0, 0.05) is 13.1 Å². The Bertz CT molecular complexity index is 752. The Labute approximate surface area is 131 Å². The van der Waals surface area contributed by atoms with Gasteiger partial charge in [-0.05, 0) is 17.6 Å². The number of halogens is 2. The van der Waals surface area contributed by atoms with E-state index in [0.717, 1.165) is 23.3 Å². The first kappa shape index (κ1) is 15.1.